The molecule has 2 fully saturated rings. The summed E-state index contributed by atoms with van der Waals surface area (Å²) in [6.45, 7) is 19.9. The number of rotatable bonds is 4. The summed E-state index contributed by atoms with van der Waals surface area (Å²) >= 11 is 0. The Bertz CT molecular complexity index is 694. The Balaban J connectivity index is 0.00000300. The number of anilines is 1. The van der Waals surface area contributed by atoms with Gasteiger partial charge in [-0.15, -0.1) is 24.0 Å². The maximum Gasteiger partial charge on any atom is 0.194 e. The second-order valence-corrected chi connectivity index (χ2v) is 9.39. The second kappa shape index (κ2) is 9.37. The molecular weight excluding hydrogens is 477 g/mol. The molecule has 3 rings (SSSR count). The van der Waals surface area contributed by atoms with Crippen molar-refractivity contribution in [1.82, 2.24) is 15.2 Å². The molecule has 29 heavy (non-hydrogen) atoms. The minimum Gasteiger partial charge on any atom is -0.372 e. The van der Waals surface area contributed by atoms with E-state index in [1.807, 2.05) is 6.20 Å². The van der Waals surface area contributed by atoms with Gasteiger partial charge in [0, 0.05) is 43.3 Å². The van der Waals surface area contributed by atoms with Crippen molar-refractivity contribution < 1.29 is 4.74 Å². The molecule has 0 aromatic carbocycles. The highest BCUT2D eigenvalue weighted by atomic mass is 127. The summed E-state index contributed by atoms with van der Waals surface area (Å²) in [5.41, 5.74) is 1.52. The Hall–Kier alpha value is -1.09. The summed E-state index contributed by atoms with van der Waals surface area (Å²) in [7, 11) is 0. The molecule has 2 atom stereocenters. The van der Waals surface area contributed by atoms with Crippen molar-refractivity contribution in [3.05, 3.63) is 23.9 Å². The van der Waals surface area contributed by atoms with Crippen LogP contribution < -0.4 is 10.2 Å². The van der Waals surface area contributed by atoms with Gasteiger partial charge in [-0.05, 0) is 46.2 Å². The highest BCUT2D eigenvalue weighted by Crippen LogP contribution is 2.46. The Kier molecular flexibility index (Phi) is 7.81. The molecule has 2 unspecified atom stereocenters. The minimum absolute atomic E-state index is 0. The number of nitrogens with one attached hydrogen (secondary N) is 1. The van der Waals surface area contributed by atoms with Crippen LogP contribution in [-0.2, 0) is 11.3 Å². The molecule has 2 aliphatic heterocycles. The number of guanidine groups is 1. The molecule has 6 nitrogen and oxygen atoms in total. The second-order valence-electron chi connectivity index (χ2n) is 9.39. The molecule has 7 heteroatoms. The van der Waals surface area contributed by atoms with Crippen molar-refractivity contribution >= 4 is 35.8 Å². The van der Waals surface area contributed by atoms with Gasteiger partial charge in [0.05, 0.1) is 18.8 Å². The Morgan fingerprint density at radius 3 is 2.34 bits per heavy atom. The molecule has 0 saturated carbocycles. The highest BCUT2D eigenvalue weighted by molar-refractivity contribution is 14.0. The lowest BCUT2D eigenvalue weighted by atomic mass is 9.65. The first-order valence-electron chi connectivity index (χ1n) is 10.6. The number of nitrogens with zero attached hydrogens (tertiary/aromatic N) is 4. The Morgan fingerprint density at radius 2 is 1.86 bits per heavy atom. The lowest BCUT2D eigenvalue weighted by Gasteiger charge is -2.62. The largest absolute Gasteiger partial charge is 0.372 e. The third kappa shape index (κ3) is 5.16. The van der Waals surface area contributed by atoms with Gasteiger partial charge >= 0.3 is 0 Å². The summed E-state index contributed by atoms with van der Waals surface area (Å²) in [4.78, 5) is 14.3. The number of aliphatic imine (C=N–C) groups is 1. The van der Waals surface area contributed by atoms with E-state index >= 15 is 0 Å². The predicted molar refractivity (Wildman–Crippen MR) is 131 cm³/mol. The van der Waals surface area contributed by atoms with Gasteiger partial charge in [0.25, 0.3) is 0 Å². The third-order valence-corrected chi connectivity index (χ3v) is 6.44. The van der Waals surface area contributed by atoms with Crippen molar-refractivity contribution in [3.63, 3.8) is 0 Å². The van der Waals surface area contributed by atoms with Gasteiger partial charge in [0.2, 0.25) is 0 Å². The van der Waals surface area contributed by atoms with Crippen LogP contribution in [0.15, 0.2) is 23.3 Å². The van der Waals surface area contributed by atoms with Crippen LogP contribution in [-0.4, -0.2) is 59.8 Å². The fraction of sp³-hybridized carbons (Fsp3) is 0.727. The van der Waals surface area contributed by atoms with Crippen molar-refractivity contribution in [2.24, 2.45) is 10.4 Å². The molecule has 2 aliphatic rings. The van der Waals surface area contributed by atoms with Crippen molar-refractivity contribution in [2.75, 3.05) is 31.1 Å². The van der Waals surface area contributed by atoms with Gasteiger partial charge in [0.1, 0.15) is 5.82 Å². The summed E-state index contributed by atoms with van der Waals surface area (Å²) in [5, 5.41) is 3.45. The van der Waals surface area contributed by atoms with Crippen LogP contribution in [0.4, 0.5) is 5.82 Å². The topological polar surface area (TPSA) is 53.0 Å². The molecule has 1 N–H and O–H groups in total. The van der Waals surface area contributed by atoms with Crippen LogP contribution in [0.5, 0.6) is 0 Å². The van der Waals surface area contributed by atoms with Crippen LogP contribution >= 0.6 is 24.0 Å². The van der Waals surface area contributed by atoms with Gasteiger partial charge in [0.15, 0.2) is 5.96 Å². The predicted octanol–water partition coefficient (Wildman–Crippen LogP) is 3.90. The third-order valence-electron chi connectivity index (χ3n) is 6.44. The number of pyridine rings is 1. The number of morpholine rings is 1. The van der Waals surface area contributed by atoms with E-state index < -0.39 is 0 Å². The van der Waals surface area contributed by atoms with E-state index in [9.17, 15) is 0 Å². The number of hydrogen-bond donors (Lipinski definition) is 1. The smallest absolute Gasteiger partial charge is 0.194 e. The molecule has 0 bridgehead atoms. The maximum atomic E-state index is 5.82. The van der Waals surface area contributed by atoms with Crippen LogP contribution in [0, 0.1) is 5.41 Å². The molecule has 0 aliphatic carbocycles. The quantitative estimate of drug-likeness (QED) is 0.375. The Morgan fingerprint density at radius 1 is 1.21 bits per heavy atom. The van der Waals surface area contributed by atoms with Crippen LogP contribution in [0.1, 0.15) is 54.0 Å². The first kappa shape index (κ1) is 24.2. The summed E-state index contributed by atoms with van der Waals surface area (Å²) in [5.74, 6) is 2.01. The van der Waals surface area contributed by atoms with Gasteiger partial charge in [-0.3, -0.25) is 0 Å². The molecule has 2 saturated heterocycles. The lowest BCUT2D eigenvalue weighted by molar-refractivity contribution is -0.0667. The van der Waals surface area contributed by atoms with E-state index in [2.05, 4.69) is 75.7 Å². The normalized spacial score (nSPS) is 25.8. The molecule has 0 spiro atoms. The summed E-state index contributed by atoms with van der Waals surface area (Å²) < 4.78 is 5.82. The molecule has 0 amide bonds. The van der Waals surface area contributed by atoms with Crippen molar-refractivity contribution in [1.29, 1.82) is 0 Å². The summed E-state index contributed by atoms with van der Waals surface area (Å²) in [6, 6.07) is 4.25. The first-order chi connectivity index (χ1) is 13.1. The van der Waals surface area contributed by atoms with E-state index in [-0.39, 0.29) is 41.7 Å². The van der Waals surface area contributed by atoms with E-state index in [0.29, 0.717) is 12.0 Å². The highest BCUT2D eigenvalue weighted by Gasteiger charge is 2.53. The fourth-order valence-electron chi connectivity index (χ4n) is 4.02. The molecule has 3 heterocycles. The summed E-state index contributed by atoms with van der Waals surface area (Å²) in [6.07, 6.45) is 2.43. The number of ether oxygens (including phenoxy) is 1. The van der Waals surface area contributed by atoms with Crippen LogP contribution in [0.2, 0.25) is 0 Å². The average molecular weight is 515 g/mol. The zero-order valence-corrected chi connectivity index (χ0v) is 21.4. The van der Waals surface area contributed by atoms with Gasteiger partial charge in [-0.2, -0.15) is 0 Å². The van der Waals surface area contributed by atoms with Crippen LogP contribution in [0.25, 0.3) is 0 Å². The standard InChI is InChI=1S/C22H37N5O.HI/c1-8-23-20(27-15-21(4,5)22(27,6)7)25-12-18-9-10-19(24-11-18)26-13-16(2)28-17(3)14-26;/h9-11,16-17H,8,12-15H2,1-7H3,(H,23,25);1H. The van der Waals surface area contributed by atoms with E-state index in [0.717, 1.165) is 43.5 Å². The van der Waals surface area contributed by atoms with Crippen molar-refractivity contribution in [2.45, 2.75) is 72.8 Å². The number of halogens is 1. The minimum atomic E-state index is 0. The number of likely N-dealkylation sites (tertiary alicyclic amines) is 1. The first-order valence-corrected chi connectivity index (χ1v) is 10.6. The average Bonchev–Trinajstić information content (AvgIpc) is 2.63. The Labute approximate surface area is 193 Å². The van der Waals surface area contributed by atoms with Gasteiger partial charge in [-0.1, -0.05) is 19.9 Å². The molecule has 1 aromatic heterocycles. The van der Waals surface area contributed by atoms with E-state index in [4.69, 9.17) is 14.7 Å². The fourth-order valence-corrected chi connectivity index (χ4v) is 4.02. The molecular formula is C22H38IN5O. The number of aromatic nitrogens is 1. The van der Waals surface area contributed by atoms with E-state index in [1.54, 1.807) is 0 Å². The van der Waals surface area contributed by atoms with Gasteiger partial charge in [-0.25, -0.2) is 9.98 Å². The maximum absolute atomic E-state index is 5.82. The SMILES string of the molecule is CCNC(=NCc1ccc(N2CC(C)OC(C)C2)nc1)N1CC(C)(C)C1(C)C.I. The van der Waals surface area contributed by atoms with Gasteiger partial charge < -0.3 is 19.9 Å². The lowest BCUT2D eigenvalue weighted by Crippen LogP contribution is -2.72. The molecule has 0 radical (unpaired) electrons. The van der Waals surface area contributed by atoms with Crippen LogP contribution in [0.3, 0.4) is 0 Å². The monoisotopic (exact) mass is 515 g/mol. The molecule has 164 valence electrons. The molecule has 1 aromatic rings. The van der Waals surface area contributed by atoms with E-state index in [1.165, 1.54) is 0 Å². The van der Waals surface area contributed by atoms with Crippen molar-refractivity contribution in [3.8, 4) is 0 Å². The zero-order valence-electron chi connectivity index (χ0n) is 19.0. The zero-order chi connectivity index (χ0) is 20.5. The number of hydrogen-bond acceptors (Lipinski definition) is 4.